The lowest BCUT2D eigenvalue weighted by atomic mass is 10.1. The van der Waals surface area contributed by atoms with Crippen LogP contribution in [0, 0.1) is 0 Å². The van der Waals surface area contributed by atoms with Gasteiger partial charge in [-0.3, -0.25) is 4.79 Å². The molecule has 0 radical (unpaired) electrons. The molecule has 6 nitrogen and oxygen atoms in total. The van der Waals surface area contributed by atoms with Gasteiger partial charge in [0.25, 0.3) is 5.91 Å². The molecule has 0 aliphatic carbocycles. The lowest BCUT2D eigenvalue weighted by Gasteiger charge is -2.19. The molecule has 1 unspecified atom stereocenters. The van der Waals surface area contributed by atoms with Crippen LogP contribution in [0.15, 0.2) is 54.6 Å². The molecule has 0 aromatic heterocycles. The van der Waals surface area contributed by atoms with E-state index in [2.05, 4.69) is 5.32 Å². The van der Waals surface area contributed by atoms with Gasteiger partial charge in [0.05, 0.1) is 17.4 Å². The predicted molar refractivity (Wildman–Crippen MR) is 99.5 cm³/mol. The highest BCUT2D eigenvalue weighted by atomic mass is 32.2. The Bertz CT molecular complexity index is 868. The van der Waals surface area contributed by atoms with Crippen LogP contribution in [0.25, 0.3) is 0 Å². The first-order chi connectivity index (χ1) is 12.5. The molecule has 1 amide bonds. The van der Waals surface area contributed by atoms with Gasteiger partial charge in [-0.2, -0.15) is 4.31 Å². The van der Waals surface area contributed by atoms with Crippen molar-refractivity contribution < 1.29 is 17.9 Å². The van der Waals surface area contributed by atoms with E-state index < -0.39 is 10.0 Å². The molecule has 0 bridgehead atoms. The standard InChI is InChI=1S/C19H22N2O4S/c1-21-16(11-12-26(21,23)24)14-25-18-10-6-5-9-17(18)19(22)20-13-15-7-3-2-4-8-15/h2-10,16H,11-14H2,1H3,(H,20,22). The summed E-state index contributed by atoms with van der Waals surface area (Å²) in [5.41, 5.74) is 1.45. The molecule has 1 aliphatic heterocycles. The summed E-state index contributed by atoms with van der Waals surface area (Å²) in [5.74, 6) is 0.365. The summed E-state index contributed by atoms with van der Waals surface area (Å²) in [6.07, 6.45) is 0.529. The zero-order chi connectivity index (χ0) is 18.6. The Kier molecular flexibility index (Phi) is 5.58. The van der Waals surface area contributed by atoms with E-state index in [0.29, 0.717) is 24.3 Å². The van der Waals surface area contributed by atoms with Crippen LogP contribution in [-0.2, 0) is 16.6 Å². The molecule has 0 saturated carbocycles. The highest BCUT2D eigenvalue weighted by Crippen LogP contribution is 2.22. The molecule has 138 valence electrons. The van der Waals surface area contributed by atoms with Gasteiger partial charge in [-0.05, 0) is 24.1 Å². The topological polar surface area (TPSA) is 75.7 Å². The normalized spacial score (nSPS) is 19.2. The van der Waals surface area contributed by atoms with Crippen LogP contribution < -0.4 is 10.1 Å². The molecular formula is C19H22N2O4S. The van der Waals surface area contributed by atoms with Crippen LogP contribution >= 0.6 is 0 Å². The summed E-state index contributed by atoms with van der Waals surface area (Å²) in [6.45, 7) is 0.649. The minimum atomic E-state index is -3.17. The molecule has 0 spiro atoms. The second kappa shape index (κ2) is 7.88. The summed E-state index contributed by atoms with van der Waals surface area (Å²) < 4.78 is 30.7. The quantitative estimate of drug-likeness (QED) is 0.839. The molecule has 3 rings (SSSR count). The molecule has 1 aliphatic rings. The Morgan fingerprint density at radius 1 is 1.15 bits per heavy atom. The van der Waals surface area contributed by atoms with Gasteiger partial charge in [-0.15, -0.1) is 0 Å². The van der Waals surface area contributed by atoms with E-state index in [1.165, 1.54) is 4.31 Å². The maximum Gasteiger partial charge on any atom is 0.255 e. The van der Waals surface area contributed by atoms with E-state index in [4.69, 9.17) is 4.74 Å². The smallest absolute Gasteiger partial charge is 0.255 e. The fourth-order valence-electron chi connectivity index (χ4n) is 2.87. The fraction of sp³-hybridized carbons (Fsp3) is 0.316. The summed E-state index contributed by atoms with van der Waals surface area (Å²) in [5, 5.41) is 2.88. The van der Waals surface area contributed by atoms with Crippen LogP contribution in [-0.4, -0.2) is 44.1 Å². The van der Waals surface area contributed by atoms with Crippen molar-refractivity contribution in [1.82, 2.24) is 9.62 Å². The molecule has 1 fully saturated rings. The summed E-state index contributed by atoms with van der Waals surface area (Å²) in [7, 11) is -1.61. The van der Waals surface area contributed by atoms with E-state index in [1.54, 1.807) is 31.3 Å². The zero-order valence-electron chi connectivity index (χ0n) is 14.6. The maximum atomic E-state index is 12.5. The molecule has 7 heteroatoms. The van der Waals surface area contributed by atoms with Crippen molar-refractivity contribution in [1.29, 1.82) is 0 Å². The van der Waals surface area contributed by atoms with E-state index in [-0.39, 0.29) is 24.3 Å². The lowest BCUT2D eigenvalue weighted by Crippen LogP contribution is -2.33. The van der Waals surface area contributed by atoms with Gasteiger partial charge < -0.3 is 10.1 Å². The Morgan fingerprint density at radius 2 is 1.85 bits per heavy atom. The first-order valence-corrected chi connectivity index (χ1v) is 10.1. The number of benzene rings is 2. The first kappa shape index (κ1) is 18.4. The highest BCUT2D eigenvalue weighted by Gasteiger charge is 2.34. The molecular weight excluding hydrogens is 352 g/mol. The van der Waals surface area contributed by atoms with Gasteiger partial charge in [0.1, 0.15) is 12.4 Å². The van der Waals surface area contributed by atoms with Crippen LogP contribution in [0.1, 0.15) is 22.3 Å². The highest BCUT2D eigenvalue weighted by molar-refractivity contribution is 7.89. The fourth-order valence-corrected chi connectivity index (χ4v) is 4.34. The van der Waals surface area contributed by atoms with Crippen molar-refractivity contribution in [3.8, 4) is 5.75 Å². The number of likely N-dealkylation sites (N-methyl/N-ethyl adjacent to an activating group) is 1. The van der Waals surface area contributed by atoms with Gasteiger partial charge in [0.15, 0.2) is 0 Å². The number of amides is 1. The molecule has 1 N–H and O–H groups in total. The van der Waals surface area contributed by atoms with Gasteiger partial charge in [0, 0.05) is 13.6 Å². The monoisotopic (exact) mass is 374 g/mol. The second-order valence-corrected chi connectivity index (χ2v) is 8.40. The van der Waals surface area contributed by atoms with Crippen molar-refractivity contribution in [2.45, 2.75) is 19.0 Å². The predicted octanol–water partition coefficient (Wildman–Crippen LogP) is 2.03. The summed E-state index contributed by atoms with van der Waals surface area (Å²) >= 11 is 0. The average molecular weight is 374 g/mol. The van der Waals surface area contributed by atoms with Crippen molar-refractivity contribution in [2.24, 2.45) is 0 Å². The molecule has 2 aromatic rings. The minimum absolute atomic E-state index is 0.136. The molecule has 1 saturated heterocycles. The number of ether oxygens (including phenoxy) is 1. The van der Waals surface area contributed by atoms with Crippen LogP contribution in [0.4, 0.5) is 0 Å². The maximum absolute atomic E-state index is 12.5. The summed E-state index contributed by atoms with van der Waals surface area (Å²) in [4.78, 5) is 12.5. The van der Waals surface area contributed by atoms with E-state index >= 15 is 0 Å². The van der Waals surface area contributed by atoms with Gasteiger partial charge in [0.2, 0.25) is 10.0 Å². The van der Waals surface area contributed by atoms with E-state index in [0.717, 1.165) is 5.56 Å². The molecule has 2 aromatic carbocycles. The number of carbonyl (C=O) groups is 1. The van der Waals surface area contributed by atoms with E-state index in [1.807, 2.05) is 30.3 Å². The Hall–Kier alpha value is -2.38. The number of nitrogens with one attached hydrogen (secondary N) is 1. The number of para-hydroxylation sites is 1. The van der Waals surface area contributed by atoms with Crippen molar-refractivity contribution in [3.05, 3.63) is 65.7 Å². The van der Waals surface area contributed by atoms with Crippen molar-refractivity contribution in [3.63, 3.8) is 0 Å². The minimum Gasteiger partial charge on any atom is -0.491 e. The largest absolute Gasteiger partial charge is 0.491 e. The van der Waals surface area contributed by atoms with E-state index in [9.17, 15) is 13.2 Å². The van der Waals surface area contributed by atoms with Gasteiger partial charge in [-0.1, -0.05) is 42.5 Å². The van der Waals surface area contributed by atoms with Crippen LogP contribution in [0.5, 0.6) is 5.75 Å². The molecule has 1 atom stereocenters. The van der Waals surface area contributed by atoms with Crippen LogP contribution in [0.3, 0.4) is 0 Å². The van der Waals surface area contributed by atoms with Gasteiger partial charge >= 0.3 is 0 Å². The third kappa shape index (κ3) is 4.23. The third-order valence-corrected chi connectivity index (χ3v) is 6.45. The second-order valence-electron chi connectivity index (χ2n) is 6.25. The Labute approximate surface area is 153 Å². The first-order valence-electron chi connectivity index (χ1n) is 8.47. The number of nitrogens with zero attached hydrogens (tertiary/aromatic N) is 1. The number of hydrogen-bond donors (Lipinski definition) is 1. The lowest BCUT2D eigenvalue weighted by molar-refractivity contribution is 0.0945. The van der Waals surface area contributed by atoms with Crippen molar-refractivity contribution in [2.75, 3.05) is 19.4 Å². The molecule has 26 heavy (non-hydrogen) atoms. The SMILES string of the molecule is CN1C(COc2ccccc2C(=O)NCc2ccccc2)CCS1(=O)=O. The third-order valence-electron chi connectivity index (χ3n) is 4.52. The number of sulfonamides is 1. The van der Waals surface area contributed by atoms with Crippen molar-refractivity contribution >= 4 is 15.9 Å². The molecule has 1 heterocycles. The summed E-state index contributed by atoms with van der Waals surface area (Å²) in [6, 6.07) is 16.4. The zero-order valence-corrected chi connectivity index (χ0v) is 15.4. The number of rotatable bonds is 6. The Morgan fingerprint density at radius 3 is 2.54 bits per heavy atom. The number of hydrogen-bond acceptors (Lipinski definition) is 4. The van der Waals surface area contributed by atoms with Crippen LogP contribution in [0.2, 0.25) is 0 Å². The van der Waals surface area contributed by atoms with Gasteiger partial charge in [-0.25, -0.2) is 8.42 Å². The average Bonchev–Trinajstić information content (AvgIpc) is 2.92. The Balaban J connectivity index is 1.63. The number of carbonyl (C=O) groups excluding carboxylic acids is 1.